The van der Waals surface area contributed by atoms with Crippen molar-refractivity contribution < 1.29 is 69.6 Å². The van der Waals surface area contributed by atoms with Crippen molar-refractivity contribution in [3.8, 4) is 0 Å². The maximum Gasteiger partial charge on any atom is 3.00 e. The molecule has 0 aliphatic carbocycles. The number of carbonyl (C=O) groups excluding carboxylic acids is 6. The maximum absolute atomic E-state index is 10.1. The van der Waals surface area contributed by atoms with Gasteiger partial charge in [0.05, 0.1) is 11.9 Å². The summed E-state index contributed by atoms with van der Waals surface area (Å²) < 4.78 is 0. The van der Waals surface area contributed by atoms with E-state index in [1.54, 1.807) is 0 Å². The summed E-state index contributed by atoms with van der Waals surface area (Å²) >= 11 is 0. The standard InChI is InChI=1S/2C6H8O7.Al.Bi/c2*7-3(8)1-6(13,5(11)12)2-4(9)10;;/h2*13H,1-2H2,(H,7,8)(H,9,10)(H,11,12);;/q;;2*+3/p-6. The van der Waals surface area contributed by atoms with E-state index in [1.165, 1.54) is 0 Å². The Bertz CT molecular complexity index is 519. The van der Waals surface area contributed by atoms with Crippen molar-refractivity contribution >= 4 is 79.4 Å². The van der Waals surface area contributed by atoms with Gasteiger partial charge in [-0.15, -0.1) is 0 Å². The summed E-state index contributed by atoms with van der Waals surface area (Å²) in [5.41, 5.74) is -5.95. The largest absolute Gasteiger partial charge is 3.00 e. The van der Waals surface area contributed by atoms with Crippen LogP contribution in [0.15, 0.2) is 0 Å². The minimum atomic E-state index is -2.97. The van der Waals surface area contributed by atoms with Crippen molar-refractivity contribution in [2.45, 2.75) is 36.9 Å². The minimum absolute atomic E-state index is 0. The first kappa shape index (κ1) is 33.7. The number of carboxylic acids is 6. The molecular formula is C12H10AlBiO14. The summed E-state index contributed by atoms with van der Waals surface area (Å²) in [7, 11) is 0. The van der Waals surface area contributed by atoms with Gasteiger partial charge in [-0.3, -0.25) is 0 Å². The van der Waals surface area contributed by atoms with E-state index in [2.05, 4.69) is 0 Å². The average molecular weight is 614 g/mol. The molecular weight excluding hydrogens is 604 g/mol. The molecule has 0 unspecified atom stereocenters. The Morgan fingerprint density at radius 1 is 0.536 bits per heavy atom. The van der Waals surface area contributed by atoms with Crippen LogP contribution in [0.25, 0.3) is 0 Å². The average Bonchev–Trinajstić information content (AvgIpc) is 2.34. The van der Waals surface area contributed by atoms with Crippen molar-refractivity contribution in [3.63, 3.8) is 0 Å². The third-order valence-corrected chi connectivity index (χ3v) is 2.51. The first-order chi connectivity index (χ1) is 11.6. The number of carboxylic acid groups (broad SMARTS) is 6. The second-order valence-corrected chi connectivity index (χ2v) is 4.83. The molecule has 2 N–H and O–H groups in total. The van der Waals surface area contributed by atoms with Crippen LogP contribution < -0.4 is 30.6 Å². The van der Waals surface area contributed by atoms with Gasteiger partial charge in [-0.1, -0.05) is 0 Å². The van der Waals surface area contributed by atoms with Crippen LogP contribution in [0.1, 0.15) is 25.7 Å². The zero-order valence-electron chi connectivity index (χ0n) is 13.6. The molecule has 0 amide bonds. The first-order valence-electron chi connectivity index (χ1n) is 6.23. The van der Waals surface area contributed by atoms with Gasteiger partial charge in [0.25, 0.3) is 0 Å². The maximum atomic E-state index is 10.1. The van der Waals surface area contributed by atoms with Crippen LogP contribution in [0.3, 0.4) is 0 Å². The predicted octanol–water partition coefficient (Wildman–Crippen LogP) is -11.3. The SMILES string of the molecule is O=C([O-])CC(O)(CC(=O)[O-])C(=O)[O-].O=C([O-])CC(O)(CC(=O)[O-])C(=O)[O-].[Al+3].[Bi+3]. The molecule has 14 nitrogen and oxygen atoms in total. The molecule has 0 aromatic rings. The van der Waals surface area contributed by atoms with E-state index in [-0.39, 0.29) is 43.6 Å². The van der Waals surface area contributed by atoms with Crippen molar-refractivity contribution in [3.05, 3.63) is 0 Å². The van der Waals surface area contributed by atoms with Gasteiger partial charge < -0.3 is 69.6 Å². The monoisotopic (exact) mass is 614 g/mol. The smallest absolute Gasteiger partial charge is 0.550 e. The van der Waals surface area contributed by atoms with Gasteiger partial charge in [0.15, 0.2) is 0 Å². The van der Waals surface area contributed by atoms with E-state index >= 15 is 0 Å². The molecule has 0 saturated carbocycles. The summed E-state index contributed by atoms with van der Waals surface area (Å²) in [6.07, 6.45) is -5.43. The van der Waals surface area contributed by atoms with Crippen molar-refractivity contribution in [1.29, 1.82) is 0 Å². The molecule has 16 heteroatoms. The van der Waals surface area contributed by atoms with Crippen molar-refractivity contribution in [1.82, 2.24) is 0 Å². The van der Waals surface area contributed by atoms with E-state index < -0.39 is 72.7 Å². The number of hydrogen-bond acceptors (Lipinski definition) is 14. The van der Waals surface area contributed by atoms with Gasteiger partial charge in [-0.05, 0) is 0 Å². The van der Waals surface area contributed by atoms with Crippen molar-refractivity contribution in [2.75, 3.05) is 0 Å². The van der Waals surface area contributed by atoms with E-state index in [9.17, 15) is 59.4 Å². The normalized spacial score (nSPS) is 10.1. The summed E-state index contributed by atoms with van der Waals surface area (Å²) in [6, 6.07) is 0. The van der Waals surface area contributed by atoms with Crippen LogP contribution in [0.5, 0.6) is 0 Å². The molecule has 0 heterocycles. The van der Waals surface area contributed by atoms with E-state index in [0.29, 0.717) is 0 Å². The molecule has 0 saturated heterocycles. The molecule has 0 aliphatic heterocycles. The van der Waals surface area contributed by atoms with Gasteiger partial charge in [0.2, 0.25) is 0 Å². The number of hydrogen-bond donors (Lipinski definition) is 2. The third-order valence-electron chi connectivity index (χ3n) is 2.51. The second-order valence-electron chi connectivity index (χ2n) is 4.83. The summed E-state index contributed by atoms with van der Waals surface area (Å²) in [5, 5.41) is 77.9. The van der Waals surface area contributed by atoms with Crippen LogP contribution >= 0.6 is 0 Å². The molecule has 0 fully saturated rings. The van der Waals surface area contributed by atoms with Crippen LogP contribution in [0.4, 0.5) is 0 Å². The molecule has 2 radical (unpaired) electrons. The Morgan fingerprint density at radius 3 is 0.750 bits per heavy atom. The molecule has 0 atom stereocenters. The number of rotatable bonds is 10. The van der Waals surface area contributed by atoms with E-state index in [0.717, 1.165) is 0 Å². The Kier molecular flexibility index (Phi) is 17.1. The summed E-state index contributed by atoms with van der Waals surface area (Å²) in [6.45, 7) is 0. The van der Waals surface area contributed by atoms with Gasteiger partial charge in [-0.2, -0.15) is 0 Å². The van der Waals surface area contributed by atoms with Crippen LogP contribution in [0.2, 0.25) is 0 Å². The van der Waals surface area contributed by atoms with E-state index in [1.807, 2.05) is 0 Å². The van der Waals surface area contributed by atoms with Crippen LogP contribution in [-0.4, -0.2) is 101 Å². The van der Waals surface area contributed by atoms with Gasteiger partial charge >= 0.3 is 43.6 Å². The zero-order valence-corrected chi connectivity index (χ0v) is 18.3. The fraction of sp³-hybridized carbons (Fsp3) is 0.500. The Labute approximate surface area is 185 Å². The third kappa shape index (κ3) is 14.2. The Hall–Kier alpha value is -1.84. The topological polar surface area (TPSA) is 281 Å². The van der Waals surface area contributed by atoms with Crippen LogP contribution in [0, 0.1) is 0 Å². The molecule has 0 rings (SSSR count). The van der Waals surface area contributed by atoms with Crippen molar-refractivity contribution in [2.24, 2.45) is 0 Å². The molecule has 0 aromatic heterocycles. The van der Waals surface area contributed by atoms with Crippen LogP contribution in [-0.2, 0) is 28.8 Å². The molecule has 0 bridgehead atoms. The quantitative estimate of drug-likeness (QED) is 0.216. The predicted molar refractivity (Wildman–Crippen MR) is 69.9 cm³/mol. The number of aliphatic hydroxyl groups is 2. The van der Waals surface area contributed by atoms with Gasteiger partial charge in [-0.25, -0.2) is 0 Å². The molecule has 150 valence electrons. The summed E-state index contributed by atoms with van der Waals surface area (Å²) in [5.74, 6) is -12.0. The molecule has 0 spiro atoms. The van der Waals surface area contributed by atoms with Gasteiger partial charge in [0, 0.05) is 49.6 Å². The zero-order chi connectivity index (χ0) is 21.3. The number of aliphatic carboxylic acids is 6. The Morgan fingerprint density at radius 2 is 0.679 bits per heavy atom. The molecule has 0 aliphatic rings. The fourth-order valence-corrected chi connectivity index (χ4v) is 1.37. The number of carbonyl (C=O) groups is 6. The second kappa shape index (κ2) is 14.2. The first-order valence-corrected chi connectivity index (χ1v) is 6.23. The Balaban J connectivity index is -0.000000192. The van der Waals surface area contributed by atoms with Gasteiger partial charge in [0.1, 0.15) is 11.2 Å². The fourth-order valence-electron chi connectivity index (χ4n) is 1.37. The summed E-state index contributed by atoms with van der Waals surface area (Å²) in [4.78, 5) is 60.0. The minimum Gasteiger partial charge on any atom is -0.550 e. The molecule has 0 aromatic carbocycles. The van der Waals surface area contributed by atoms with E-state index in [4.69, 9.17) is 10.2 Å². The molecule has 28 heavy (non-hydrogen) atoms.